The fourth-order valence-electron chi connectivity index (χ4n) is 3.61. The van der Waals surface area contributed by atoms with E-state index < -0.39 is 0 Å². The minimum Gasteiger partial charge on any atom is -0.472 e. The standard InChI is InChI=1S/C23H28N4O3/c1-15-12-27(16(2)14-28)23(29)20-9-19(18-7-5-6-17(8-18)10-24)11-25-22(20)30-21(15)13-26(3)4/h5-9,11,15-16,21,28H,12-14H2,1-4H3/t15-,16-,21+/m1/s1. The quantitative estimate of drug-likeness (QED) is 0.817. The highest BCUT2D eigenvalue weighted by molar-refractivity contribution is 5.98. The van der Waals surface area contributed by atoms with Crippen molar-refractivity contribution in [2.75, 3.05) is 33.8 Å². The third-order valence-electron chi connectivity index (χ3n) is 5.39. The van der Waals surface area contributed by atoms with Crippen LogP contribution in [0.1, 0.15) is 29.8 Å². The highest BCUT2D eigenvalue weighted by atomic mass is 16.5. The molecule has 1 aromatic heterocycles. The van der Waals surface area contributed by atoms with Crippen LogP contribution in [0.5, 0.6) is 5.88 Å². The van der Waals surface area contributed by atoms with E-state index >= 15 is 0 Å². The van der Waals surface area contributed by atoms with Crippen LogP contribution in [0.4, 0.5) is 0 Å². The maximum atomic E-state index is 13.4. The molecule has 0 saturated heterocycles. The lowest BCUT2D eigenvalue weighted by Crippen LogP contribution is -2.49. The van der Waals surface area contributed by atoms with Crippen molar-refractivity contribution in [1.82, 2.24) is 14.8 Å². The molecule has 2 heterocycles. The average Bonchev–Trinajstić information content (AvgIpc) is 2.75. The van der Waals surface area contributed by atoms with E-state index in [0.29, 0.717) is 30.1 Å². The lowest BCUT2D eigenvalue weighted by molar-refractivity contribution is 0.0348. The number of fused-ring (bicyclic) bond motifs is 1. The first kappa shape index (κ1) is 21.8. The molecule has 1 N–H and O–H groups in total. The molecule has 0 aliphatic carbocycles. The minimum atomic E-state index is -0.323. The number of aliphatic hydroxyl groups excluding tert-OH is 1. The molecular weight excluding hydrogens is 380 g/mol. The number of rotatable bonds is 5. The summed E-state index contributed by atoms with van der Waals surface area (Å²) in [4.78, 5) is 21.6. The van der Waals surface area contributed by atoms with Crippen molar-refractivity contribution in [3.8, 4) is 23.1 Å². The Balaban J connectivity index is 2.08. The average molecular weight is 409 g/mol. The summed E-state index contributed by atoms with van der Waals surface area (Å²) in [5, 5.41) is 18.9. The Morgan fingerprint density at radius 2 is 2.13 bits per heavy atom. The molecule has 0 fully saturated rings. The van der Waals surface area contributed by atoms with Crippen LogP contribution in [-0.2, 0) is 0 Å². The molecule has 1 aliphatic heterocycles. The lowest BCUT2D eigenvalue weighted by Gasteiger charge is -2.37. The van der Waals surface area contributed by atoms with Crippen LogP contribution in [0.25, 0.3) is 11.1 Å². The molecule has 3 rings (SSSR count). The molecule has 0 spiro atoms. The SMILES string of the molecule is C[C@@H]1CN([C@H](C)CO)C(=O)c2cc(-c3cccc(C#N)c3)cnc2O[C@H]1CN(C)C. The number of aromatic nitrogens is 1. The van der Waals surface area contributed by atoms with Crippen LogP contribution in [0.2, 0.25) is 0 Å². The third kappa shape index (κ3) is 4.61. The number of likely N-dealkylation sites (N-methyl/N-ethyl adjacent to an activating group) is 1. The summed E-state index contributed by atoms with van der Waals surface area (Å²) >= 11 is 0. The number of nitrogens with zero attached hydrogens (tertiary/aromatic N) is 4. The maximum Gasteiger partial charge on any atom is 0.259 e. The van der Waals surface area contributed by atoms with E-state index in [1.54, 1.807) is 35.4 Å². The summed E-state index contributed by atoms with van der Waals surface area (Å²) in [6.45, 7) is 4.92. The van der Waals surface area contributed by atoms with Gasteiger partial charge in [-0.25, -0.2) is 4.98 Å². The van der Waals surface area contributed by atoms with Gasteiger partial charge < -0.3 is 19.6 Å². The molecule has 0 bridgehead atoms. The highest BCUT2D eigenvalue weighted by Gasteiger charge is 2.34. The fraction of sp³-hybridized carbons (Fsp3) is 0.435. The van der Waals surface area contributed by atoms with Crippen molar-refractivity contribution in [2.24, 2.45) is 5.92 Å². The van der Waals surface area contributed by atoms with Gasteiger partial charge in [0.2, 0.25) is 5.88 Å². The molecule has 0 radical (unpaired) electrons. The summed E-state index contributed by atoms with van der Waals surface area (Å²) < 4.78 is 6.21. The van der Waals surface area contributed by atoms with Gasteiger partial charge in [-0.2, -0.15) is 5.26 Å². The topological polar surface area (TPSA) is 89.7 Å². The number of hydrogen-bond acceptors (Lipinski definition) is 6. The van der Waals surface area contributed by atoms with Gasteiger partial charge in [0.05, 0.1) is 24.3 Å². The predicted octanol–water partition coefficient (Wildman–Crippen LogP) is 2.40. The van der Waals surface area contributed by atoms with E-state index in [1.165, 1.54) is 0 Å². The molecule has 0 unspecified atom stereocenters. The fourth-order valence-corrected chi connectivity index (χ4v) is 3.61. The van der Waals surface area contributed by atoms with Gasteiger partial charge in [0.25, 0.3) is 5.91 Å². The Bertz CT molecular complexity index is 954. The second-order valence-electron chi connectivity index (χ2n) is 8.15. The van der Waals surface area contributed by atoms with Crippen molar-refractivity contribution in [3.05, 3.63) is 47.7 Å². The molecular formula is C23H28N4O3. The van der Waals surface area contributed by atoms with Crippen LogP contribution in [-0.4, -0.2) is 71.7 Å². The van der Waals surface area contributed by atoms with Gasteiger partial charge in [-0.15, -0.1) is 0 Å². The van der Waals surface area contributed by atoms with Crippen LogP contribution in [0.15, 0.2) is 36.5 Å². The molecule has 7 nitrogen and oxygen atoms in total. The molecule has 0 saturated carbocycles. The van der Waals surface area contributed by atoms with Crippen LogP contribution < -0.4 is 4.74 Å². The van der Waals surface area contributed by atoms with Gasteiger partial charge in [-0.1, -0.05) is 19.1 Å². The molecule has 158 valence electrons. The van der Waals surface area contributed by atoms with Gasteiger partial charge >= 0.3 is 0 Å². The zero-order chi connectivity index (χ0) is 21.8. The highest BCUT2D eigenvalue weighted by Crippen LogP contribution is 2.30. The Labute approximate surface area is 177 Å². The summed E-state index contributed by atoms with van der Waals surface area (Å²) in [7, 11) is 3.96. The summed E-state index contributed by atoms with van der Waals surface area (Å²) in [5.74, 6) is 0.147. The van der Waals surface area contributed by atoms with E-state index in [0.717, 1.165) is 11.1 Å². The summed E-state index contributed by atoms with van der Waals surface area (Å²) in [6.07, 6.45) is 1.52. The van der Waals surface area contributed by atoms with Crippen molar-refractivity contribution < 1.29 is 14.6 Å². The van der Waals surface area contributed by atoms with Crippen molar-refractivity contribution in [2.45, 2.75) is 26.0 Å². The first-order chi connectivity index (χ1) is 14.3. The molecule has 7 heteroatoms. The van der Waals surface area contributed by atoms with Gasteiger partial charge in [0.15, 0.2) is 0 Å². The minimum absolute atomic E-state index is 0.0623. The van der Waals surface area contributed by atoms with Crippen LogP contribution in [0.3, 0.4) is 0 Å². The van der Waals surface area contributed by atoms with Gasteiger partial charge in [-0.3, -0.25) is 4.79 Å². The first-order valence-electron chi connectivity index (χ1n) is 10.1. The maximum absolute atomic E-state index is 13.4. The number of ether oxygens (including phenoxy) is 1. The number of benzene rings is 1. The number of amides is 1. The van der Waals surface area contributed by atoms with Crippen LogP contribution >= 0.6 is 0 Å². The zero-order valence-electron chi connectivity index (χ0n) is 17.9. The van der Waals surface area contributed by atoms with E-state index in [9.17, 15) is 15.2 Å². The Morgan fingerprint density at radius 1 is 1.37 bits per heavy atom. The zero-order valence-corrected chi connectivity index (χ0v) is 17.9. The number of carbonyl (C=O) groups excluding carboxylic acids is 1. The van der Waals surface area contributed by atoms with E-state index in [-0.39, 0.29) is 30.6 Å². The molecule has 1 amide bonds. The number of nitriles is 1. The molecule has 30 heavy (non-hydrogen) atoms. The van der Waals surface area contributed by atoms with Crippen molar-refractivity contribution >= 4 is 5.91 Å². The molecule has 3 atom stereocenters. The third-order valence-corrected chi connectivity index (χ3v) is 5.39. The Morgan fingerprint density at radius 3 is 2.80 bits per heavy atom. The van der Waals surface area contributed by atoms with E-state index in [2.05, 4.69) is 11.1 Å². The van der Waals surface area contributed by atoms with Gasteiger partial charge in [0.1, 0.15) is 11.7 Å². The second-order valence-corrected chi connectivity index (χ2v) is 8.15. The normalized spacial score (nSPS) is 20.0. The van der Waals surface area contributed by atoms with Crippen molar-refractivity contribution in [1.29, 1.82) is 5.26 Å². The smallest absolute Gasteiger partial charge is 0.259 e. The molecule has 2 aromatic rings. The van der Waals surface area contributed by atoms with E-state index in [4.69, 9.17) is 4.74 Å². The number of aliphatic hydroxyl groups is 1. The Hall–Kier alpha value is -2.95. The van der Waals surface area contributed by atoms with Crippen molar-refractivity contribution in [3.63, 3.8) is 0 Å². The summed E-state index contributed by atoms with van der Waals surface area (Å²) in [6, 6.07) is 10.8. The Kier molecular flexibility index (Phi) is 6.70. The largest absolute Gasteiger partial charge is 0.472 e. The predicted molar refractivity (Wildman–Crippen MR) is 114 cm³/mol. The number of carbonyl (C=O) groups is 1. The number of hydrogen-bond donors (Lipinski definition) is 1. The molecule has 1 aliphatic rings. The van der Waals surface area contributed by atoms with E-state index in [1.807, 2.05) is 38.9 Å². The molecule has 1 aromatic carbocycles. The monoisotopic (exact) mass is 408 g/mol. The second kappa shape index (κ2) is 9.24. The first-order valence-corrected chi connectivity index (χ1v) is 10.1. The number of pyridine rings is 1. The van der Waals surface area contributed by atoms with Gasteiger partial charge in [0, 0.05) is 30.8 Å². The van der Waals surface area contributed by atoms with Crippen LogP contribution in [0, 0.1) is 17.2 Å². The summed E-state index contributed by atoms with van der Waals surface area (Å²) in [5.41, 5.74) is 2.44. The lowest BCUT2D eigenvalue weighted by atomic mass is 9.99. The van der Waals surface area contributed by atoms with Gasteiger partial charge in [-0.05, 0) is 44.8 Å².